The highest BCUT2D eigenvalue weighted by molar-refractivity contribution is 7.19. The van der Waals surface area contributed by atoms with Gasteiger partial charge in [0.15, 0.2) is 0 Å². The van der Waals surface area contributed by atoms with E-state index in [0.717, 1.165) is 17.7 Å². The van der Waals surface area contributed by atoms with Gasteiger partial charge in [-0.05, 0) is 40.9 Å². The molecule has 0 spiro atoms. The van der Waals surface area contributed by atoms with Gasteiger partial charge in [-0.15, -0.1) is 22.7 Å². The summed E-state index contributed by atoms with van der Waals surface area (Å²) < 4.78 is 75.5. The van der Waals surface area contributed by atoms with Crippen LogP contribution in [0.25, 0.3) is 20.4 Å². The molecular weight excluding hydrogens is 607 g/mol. The quantitative estimate of drug-likeness (QED) is 0.125. The molecule has 5 rings (SSSR count). The summed E-state index contributed by atoms with van der Waals surface area (Å²) in [6, 6.07) is 11.4. The fourth-order valence-corrected chi connectivity index (χ4v) is 5.51. The molecule has 5 aromatic rings. The van der Waals surface area contributed by atoms with Crippen molar-refractivity contribution in [3.8, 4) is 0 Å². The average molecular weight is 617 g/mol. The lowest BCUT2D eigenvalue weighted by molar-refractivity contribution is -0.135. The SMILES string of the molecule is FC(F)(F)c1cc2c(Cl)nc(Cl)nc2s1.FC(F)(F)c1cc2c(NCc3ccccc3)nc(Cl)nc2s1. The molecule has 0 aliphatic carbocycles. The van der Waals surface area contributed by atoms with Crippen LogP contribution in [0.5, 0.6) is 0 Å². The van der Waals surface area contributed by atoms with E-state index in [2.05, 4.69) is 25.3 Å². The van der Waals surface area contributed by atoms with Crippen LogP contribution in [0.15, 0.2) is 42.5 Å². The molecule has 4 aromatic heterocycles. The first-order valence-corrected chi connectivity index (χ1v) is 12.6. The fraction of sp³-hybridized carbons (Fsp3) is 0.143. The second-order valence-electron chi connectivity index (χ2n) is 7.12. The van der Waals surface area contributed by atoms with Gasteiger partial charge in [-0.25, -0.2) is 19.9 Å². The molecule has 0 aliphatic heterocycles. The molecular formula is C21H10Cl3F6N5S2. The van der Waals surface area contributed by atoms with Gasteiger partial charge in [0.05, 0.1) is 5.39 Å². The normalized spacial score (nSPS) is 12.0. The Kier molecular flexibility index (Phi) is 8.00. The van der Waals surface area contributed by atoms with Crippen LogP contribution in [-0.2, 0) is 18.9 Å². The van der Waals surface area contributed by atoms with E-state index in [1.54, 1.807) is 0 Å². The molecule has 0 fully saturated rings. The summed E-state index contributed by atoms with van der Waals surface area (Å²) in [6.45, 7) is 0.431. The van der Waals surface area contributed by atoms with Gasteiger partial charge >= 0.3 is 12.4 Å². The molecule has 194 valence electrons. The number of fused-ring (bicyclic) bond motifs is 2. The summed E-state index contributed by atoms with van der Waals surface area (Å²) >= 11 is 17.9. The summed E-state index contributed by atoms with van der Waals surface area (Å²) in [4.78, 5) is 13.9. The maximum absolute atomic E-state index is 12.8. The first-order chi connectivity index (χ1) is 17.3. The van der Waals surface area contributed by atoms with E-state index in [9.17, 15) is 26.3 Å². The van der Waals surface area contributed by atoms with E-state index in [1.807, 2.05) is 30.3 Å². The minimum Gasteiger partial charge on any atom is -0.365 e. The topological polar surface area (TPSA) is 63.6 Å². The summed E-state index contributed by atoms with van der Waals surface area (Å²) in [6.07, 6.45) is -8.81. The van der Waals surface area contributed by atoms with Crippen LogP contribution < -0.4 is 5.32 Å². The molecule has 0 aliphatic rings. The number of aromatic nitrogens is 4. The molecule has 0 atom stereocenters. The van der Waals surface area contributed by atoms with Crippen LogP contribution >= 0.6 is 57.5 Å². The number of nitrogens with zero attached hydrogens (tertiary/aromatic N) is 4. The standard InChI is InChI=1S/C14H9ClF3N3S.C7HCl2F3N2S/c15-13-20-11(19-7-8-4-2-1-3-5-8)9-6-10(14(16,17)18)22-12(9)21-13;8-4-2-1-3(7(10,11)12)15-5(2)14-6(9)13-4/h1-6H,7H2,(H,19,20,21);1H. The highest BCUT2D eigenvalue weighted by Crippen LogP contribution is 2.40. The van der Waals surface area contributed by atoms with Crippen molar-refractivity contribution in [1.29, 1.82) is 0 Å². The summed E-state index contributed by atoms with van der Waals surface area (Å²) in [7, 11) is 0. The maximum Gasteiger partial charge on any atom is 0.425 e. The molecule has 37 heavy (non-hydrogen) atoms. The Bertz CT molecular complexity index is 1550. The van der Waals surface area contributed by atoms with Crippen molar-refractivity contribution < 1.29 is 26.3 Å². The molecule has 0 saturated carbocycles. The zero-order valence-electron chi connectivity index (χ0n) is 17.8. The van der Waals surface area contributed by atoms with Crippen LogP contribution in [-0.4, -0.2) is 19.9 Å². The van der Waals surface area contributed by atoms with Crippen LogP contribution in [0, 0.1) is 0 Å². The van der Waals surface area contributed by atoms with Gasteiger partial charge in [-0.1, -0.05) is 41.9 Å². The molecule has 0 saturated heterocycles. The Morgan fingerprint density at radius 1 is 0.703 bits per heavy atom. The molecule has 0 radical (unpaired) electrons. The lowest BCUT2D eigenvalue weighted by Crippen LogP contribution is -2.02. The highest BCUT2D eigenvalue weighted by atomic mass is 35.5. The molecule has 1 N–H and O–H groups in total. The van der Waals surface area contributed by atoms with Gasteiger partial charge < -0.3 is 5.32 Å². The number of nitrogens with one attached hydrogen (secondary N) is 1. The summed E-state index contributed by atoms with van der Waals surface area (Å²) in [5.41, 5.74) is 0.983. The third kappa shape index (κ3) is 6.71. The van der Waals surface area contributed by atoms with E-state index < -0.39 is 22.1 Å². The largest absolute Gasteiger partial charge is 0.425 e. The van der Waals surface area contributed by atoms with Crippen molar-refractivity contribution in [2.24, 2.45) is 0 Å². The maximum atomic E-state index is 12.8. The van der Waals surface area contributed by atoms with Crippen molar-refractivity contribution in [2.75, 3.05) is 5.32 Å². The minimum absolute atomic E-state index is 0.0725. The van der Waals surface area contributed by atoms with E-state index in [1.165, 1.54) is 0 Å². The van der Waals surface area contributed by atoms with Crippen LogP contribution in [0.1, 0.15) is 15.3 Å². The third-order valence-electron chi connectivity index (χ3n) is 4.55. The first-order valence-electron chi connectivity index (χ1n) is 9.83. The lowest BCUT2D eigenvalue weighted by atomic mass is 10.2. The average Bonchev–Trinajstić information content (AvgIpc) is 3.43. The zero-order chi connectivity index (χ0) is 27.0. The number of hydrogen-bond acceptors (Lipinski definition) is 7. The number of thiophene rings is 2. The molecule has 1 aromatic carbocycles. The number of benzene rings is 1. The van der Waals surface area contributed by atoms with E-state index in [-0.39, 0.29) is 30.8 Å². The second kappa shape index (κ2) is 10.7. The van der Waals surface area contributed by atoms with Gasteiger partial charge in [0.1, 0.15) is 30.4 Å². The fourth-order valence-electron chi connectivity index (χ4n) is 2.95. The lowest BCUT2D eigenvalue weighted by Gasteiger charge is -2.07. The van der Waals surface area contributed by atoms with Crippen molar-refractivity contribution in [2.45, 2.75) is 18.9 Å². The van der Waals surface area contributed by atoms with E-state index in [4.69, 9.17) is 34.8 Å². The molecule has 5 nitrogen and oxygen atoms in total. The first kappa shape index (κ1) is 27.6. The summed E-state index contributed by atoms with van der Waals surface area (Å²) in [5, 5.41) is 3.17. The smallest absolute Gasteiger partial charge is 0.365 e. The van der Waals surface area contributed by atoms with E-state index in [0.29, 0.717) is 40.4 Å². The van der Waals surface area contributed by atoms with Crippen molar-refractivity contribution >= 4 is 83.7 Å². The van der Waals surface area contributed by atoms with Crippen LogP contribution in [0.4, 0.5) is 32.2 Å². The van der Waals surface area contributed by atoms with Crippen molar-refractivity contribution in [3.63, 3.8) is 0 Å². The zero-order valence-corrected chi connectivity index (χ0v) is 21.7. The third-order valence-corrected chi connectivity index (χ3v) is 7.32. The van der Waals surface area contributed by atoms with E-state index >= 15 is 0 Å². The Hall–Kier alpha value is -2.45. The Labute approximate surface area is 227 Å². The Morgan fingerprint density at radius 3 is 1.78 bits per heavy atom. The van der Waals surface area contributed by atoms with Gasteiger partial charge in [0.2, 0.25) is 10.6 Å². The number of halogens is 9. The monoisotopic (exact) mass is 615 g/mol. The number of alkyl halides is 6. The van der Waals surface area contributed by atoms with Gasteiger partial charge in [-0.2, -0.15) is 26.3 Å². The number of anilines is 1. The molecule has 16 heteroatoms. The number of rotatable bonds is 3. The van der Waals surface area contributed by atoms with Crippen molar-refractivity contribution in [3.05, 3.63) is 73.5 Å². The van der Waals surface area contributed by atoms with Gasteiger partial charge in [-0.3, -0.25) is 0 Å². The molecule has 4 heterocycles. The second-order valence-corrected chi connectivity index (χ2v) is 10.2. The summed E-state index contributed by atoms with van der Waals surface area (Å²) in [5.74, 6) is 0.297. The minimum atomic E-state index is -4.41. The molecule has 0 bridgehead atoms. The molecule has 0 unspecified atom stereocenters. The number of hydrogen-bond donors (Lipinski definition) is 1. The van der Waals surface area contributed by atoms with Gasteiger partial charge in [0.25, 0.3) is 0 Å². The highest BCUT2D eigenvalue weighted by Gasteiger charge is 2.34. The van der Waals surface area contributed by atoms with Crippen molar-refractivity contribution in [1.82, 2.24) is 19.9 Å². The Balaban J connectivity index is 0.000000186. The predicted molar refractivity (Wildman–Crippen MR) is 134 cm³/mol. The van der Waals surface area contributed by atoms with Crippen LogP contribution in [0.2, 0.25) is 15.7 Å². The van der Waals surface area contributed by atoms with Gasteiger partial charge in [0, 0.05) is 11.9 Å². The Morgan fingerprint density at radius 2 is 1.22 bits per heavy atom. The predicted octanol–water partition coefficient (Wildman–Crippen LogP) is 8.99. The molecule has 0 amide bonds. The van der Waals surface area contributed by atoms with Crippen LogP contribution in [0.3, 0.4) is 0 Å².